The predicted octanol–water partition coefficient (Wildman–Crippen LogP) is 3.05. The minimum atomic E-state index is -0.0250. The Morgan fingerprint density at radius 3 is 2.74 bits per heavy atom. The molecule has 0 spiro atoms. The second-order valence-corrected chi connectivity index (χ2v) is 6.89. The lowest BCUT2D eigenvalue weighted by atomic mass is 9.95. The lowest BCUT2D eigenvalue weighted by molar-refractivity contribution is 0.0710. The van der Waals surface area contributed by atoms with E-state index in [0.29, 0.717) is 24.6 Å². The Morgan fingerprint density at radius 1 is 1.15 bits per heavy atom. The summed E-state index contributed by atoms with van der Waals surface area (Å²) in [7, 11) is 0. The molecule has 138 valence electrons. The highest BCUT2D eigenvalue weighted by Crippen LogP contribution is 2.28. The molecule has 3 aromatic rings. The first-order valence-electron chi connectivity index (χ1n) is 9.19. The number of nitrogens with zero attached hydrogens (tertiary/aromatic N) is 4. The van der Waals surface area contributed by atoms with Crippen molar-refractivity contribution in [3.63, 3.8) is 0 Å². The van der Waals surface area contributed by atoms with Crippen molar-refractivity contribution < 1.29 is 9.90 Å². The number of imidazole rings is 1. The number of carbonyl (C=O) groups excluding carboxylic acids is 1. The quantitative estimate of drug-likeness (QED) is 0.774. The van der Waals surface area contributed by atoms with E-state index in [9.17, 15) is 9.90 Å². The van der Waals surface area contributed by atoms with E-state index >= 15 is 0 Å². The normalized spacial score (nSPS) is 15.0. The molecule has 0 bridgehead atoms. The Hall–Kier alpha value is -3.15. The molecular formula is C21H22N4O2. The number of benzene rings is 1. The van der Waals surface area contributed by atoms with Crippen molar-refractivity contribution in [2.75, 3.05) is 13.1 Å². The van der Waals surface area contributed by atoms with E-state index in [1.807, 2.05) is 29.6 Å². The van der Waals surface area contributed by atoms with Crippen LogP contribution < -0.4 is 0 Å². The highest BCUT2D eigenvalue weighted by Gasteiger charge is 2.27. The predicted molar refractivity (Wildman–Crippen MR) is 102 cm³/mol. The summed E-state index contributed by atoms with van der Waals surface area (Å²) >= 11 is 0. The molecule has 1 N–H and O–H groups in total. The molecule has 1 aromatic carbocycles. The Bertz CT molecular complexity index is 915. The van der Waals surface area contributed by atoms with Gasteiger partial charge < -0.3 is 14.6 Å². The SMILES string of the molecule is O=C(c1cccc(O)c1)N1CCC(c2nccn2Cc2cccnc2)CC1. The Labute approximate surface area is 158 Å². The molecule has 4 rings (SSSR count). The number of aromatic hydroxyl groups is 1. The number of carbonyl (C=O) groups is 1. The number of hydrogen-bond donors (Lipinski definition) is 1. The van der Waals surface area contributed by atoms with Crippen LogP contribution in [-0.2, 0) is 6.54 Å². The van der Waals surface area contributed by atoms with Gasteiger partial charge >= 0.3 is 0 Å². The summed E-state index contributed by atoms with van der Waals surface area (Å²) in [5.41, 5.74) is 1.68. The number of phenols is 1. The largest absolute Gasteiger partial charge is 0.508 e. The fraction of sp³-hybridized carbons (Fsp3) is 0.286. The Kier molecular flexibility index (Phi) is 4.87. The Balaban J connectivity index is 1.41. The van der Waals surface area contributed by atoms with Crippen LogP contribution in [0.25, 0.3) is 0 Å². The summed E-state index contributed by atoms with van der Waals surface area (Å²) in [5.74, 6) is 1.50. The van der Waals surface area contributed by atoms with Crippen molar-refractivity contribution in [3.05, 3.63) is 78.1 Å². The molecule has 27 heavy (non-hydrogen) atoms. The molecule has 0 saturated carbocycles. The number of aromatic nitrogens is 3. The van der Waals surface area contributed by atoms with Crippen LogP contribution in [0.4, 0.5) is 0 Å². The third-order valence-corrected chi connectivity index (χ3v) is 5.06. The van der Waals surface area contributed by atoms with Crippen molar-refractivity contribution in [2.45, 2.75) is 25.3 Å². The molecule has 1 fully saturated rings. The third kappa shape index (κ3) is 3.84. The van der Waals surface area contributed by atoms with Gasteiger partial charge in [0.1, 0.15) is 11.6 Å². The number of likely N-dealkylation sites (tertiary alicyclic amines) is 1. The van der Waals surface area contributed by atoms with E-state index in [1.165, 1.54) is 6.07 Å². The number of rotatable bonds is 4. The van der Waals surface area contributed by atoms with E-state index in [-0.39, 0.29) is 11.7 Å². The second-order valence-electron chi connectivity index (χ2n) is 6.89. The summed E-state index contributed by atoms with van der Waals surface area (Å²) in [5, 5.41) is 9.59. The first-order valence-corrected chi connectivity index (χ1v) is 9.19. The average molecular weight is 362 g/mol. The lowest BCUT2D eigenvalue weighted by Crippen LogP contribution is -2.38. The summed E-state index contributed by atoms with van der Waals surface area (Å²) in [6.07, 6.45) is 9.27. The molecule has 1 aliphatic heterocycles. The van der Waals surface area contributed by atoms with Gasteiger partial charge in [-0.05, 0) is 42.7 Å². The highest BCUT2D eigenvalue weighted by atomic mass is 16.3. The number of hydrogen-bond acceptors (Lipinski definition) is 4. The smallest absolute Gasteiger partial charge is 0.253 e. The van der Waals surface area contributed by atoms with Crippen LogP contribution in [0.15, 0.2) is 61.2 Å². The van der Waals surface area contributed by atoms with Crippen LogP contribution in [0.5, 0.6) is 5.75 Å². The van der Waals surface area contributed by atoms with Crippen LogP contribution >= 0.6 is 0 Å². The van der Waals surface area contributed by atoms with Crippen molar-refractivity contribution in [1.29, 1.82) is 0 Å². The van der Waals surface area contributed by atoms with Gasteiger partial charge in [0.05, 0.1) is 6.54 Å². The maximum Gasteiger partial charge on any atom is 0.253 e. The van der Waals surface area contributed by atoms with E-state index in [0.717, 1.165) is 30.8 Å². The van der Waals surface area contributed by atoms with Crippen molar-refractivity contribution >= 4 is 5.91 Å². The zero-order valence-electron chi connectivity index (χ0n) is 15.0. The molecule has 1 saturated heterocycles. The topological polar surface area (TPSA) is 71.2 Å². The van der Waals surface area contributed by atoms with Gasteiger partial charge in [0.2, 0.25) is 0 Å². The zero-order chi connectivity index (χ0) is 18.6. The summed E-state index contributed by atoms with van der Waals surface area (Å²) in [4.78, 5) is 23.3. The fourth-order valence-corrected chi connectivity index (χ4v) is 3.66. The summed E-state index contributed by atoms with van der Waals surface area (Å²) in [6, 6.07) is 10.5. The van der Waals surface area contributed by atoms with Crippen molar-refractivity contribution in [1.82, 2.24) is 19.4 Å². The van der Waals surface area contributed by atoms with Gasteiger partial charge in [-0.1, -0.05) is 12.1 Å². The van der Waals surface area contributed by atoms with E-state index < -0.39 is 0 Å². The molecular weight excluding hydrogens is 340 g/mol. The molecule has 2 aromatic heterocycles. The second kappa shape index (κ2) is 7.61. The van der Waals surface area contributed by atoms with Crippen molar-refractivity contribution in [2.24, 2.45) is 0 Å². The maximum absolute atomic E-state index is 12.6. The minimum Gasteiger partial charge on any atom is -0.508 e. The number of pyridine rings is 1. The molecule has 6 heteroatoms. The fourth-order valence-electron chi connectivity index (χ4n) is 3.66. The zero-order valence-corrected chi connectivity index (χ0v) is 15.0. The Morgan fingerprint density at radius 2 is 2.00 bits per heavy atom. The van der Waals surface area contributed by atoms with Gasteiger partial charge in [0, 0.05) is 49.4 Å². The first-order chi connectivity index (χ1) is 13.2. The summed E-state index contributed by atoms with van der Waals surface area (Å²) in [6.45, 7) is 2.14. The molecule has 3 heterocycles. The molecule has 1 amide bonds. The van der Waals surface area contributed by atoms with Gasteiger partial charge in [-0.15, -0.1) is 0 Å². The van der Waals surface area contributed by atoms with Gasteiger partial charge in [-0.2, -0.15) is 0 Å². The molecule has 0 unspecified atom stereocenters. The average Bonchev–Trinajstić information content (AvgIpc) is 3.16. The van der Waals surface area contributed by atoms with Gasteiger partial charge in [0.25, 0.3) is 5.91 Å². The van der Waals surface area contributed by atoms with E-state index in [2.05, 4.69) is 20.6 Å². The molecule has 0 radical (unpaired) electrons. The standard InChI is InChI=1S/C21H22N4O2/c26-19-5-1-4-18(13-19)21(27)24-10-6-17(7-11-24)20-23-9-12-25(20)15-16-3-2-8-22-14-16/h1-5,8-9,12-14,17,26H,6-7,10-11,15H2. The number of piperidine rings is 1. The van der Waals surface area contributed by atoms with Crippen LogP contribution in [0.3, 0.4) is 0 Å². The van der Waals surface area contributed by atoms with Gasteiger partial charge in [-0.3, -0.25) is 9.78 Å². The third-order valence-electron chi connectivity index (χ3n) is 5.06. The maximum atomic E-state index is 12.6. The molecule has 1 aliphatic rings. The van der Waals surface area contributed by atoms with Crippen LogP contribution in [0, 0.1) is 0 Å². The molecule has 6 nitrogen and oxygen atoms in total. The van der Waals surface area contributed by atoms with Crippen LogP contribution in [0.1, 0.15) is 40.5 Å². The molecule has 0 aliphatic carbocycles. The first kappa shape index (κ1) is 17.3. The number of phenolic OH excluding ortho intramolecular Hbond substituents is 1. The van der Waals surface area contributed by atoms with E-state index in [1.54, 1.807) is 24.4 Å². The minimum absolute atomic E-state index is 0.0250. The number of amides is 1. The molecule has 0 atom stereocenters. The van der Waals surface area contributed by atoms with Crippen LogP contribution in [0.2, 0.25) is 0 Å². The van der Waals surface area contributed by atoms with Crippen LogP contribution in [-0.4, -0.2) is 43.5 Å². The monoisotopic (exact) mass is 362 g/mol. The van der Waals surface area contributed by atoms with Gasteiger partial charge in [0.15, 0.2) is 0 Å². The highest BCUT2D eigenvalue weighted by molar-refractivity contribution is 5.94. The van der Waals surface area contributed by atoms with Crippen molar-refractivity contribution in [3.8, 4) is 5.75 Å². The van der Waals surface area contributed by atoms with E-state index in [4.69, 9.17) is 0 Å². The lowest BCUT2D eigenvalue weighted by Gasteiger charge is -2.32. The summed E-state index contributed by atoms with van der Waals surface area (Å²) < 4.78 is 2.17. The van der Waals surface area contributed by atoms with Gasteiger partial charge in [-0.25, -0.2) is 4.98 Å².